The first-order chi connectivity index (χ1) is 7.43. The summed E-state index contributed by atoms with van der Waals surface area (Å²) in [5.74, 6) is 0. The van der Waals surface area contributed by atoms with Crippen LogP contribution in [0.15, 0.2) is 0 Å². The highest BCUT2D eigenvalue weighted by atomic mass is 16.6. The van der Waals surface area contributed by atoms with Crippen molar-refractivity contribution in [3.05, 3.63) is 0 Å². The number of aliphatic hydroxyl groups is 1. The van der Waals surface area contributed by atoms with Gasteiger partial charge in [0.2, 0.25) is 0 Å². The van der Waals surface area contributed by atoms with Gasteiger partial charge in [0.1, 0.15) is 0 Å². The second-order valence-corrected chi connectivity index (χ2v) is 4.20. The fourth-order valence-electron chi connectivity index (χ4n) is 1.89. The Labute approximate surface area is 92.8 Å². The molecular formula is C12H24O3. The van der Waals surface area contributed by atoms with E-state index in [1.165, 1.54) is 32.1 Å². The molecule has 0 spiro atoms. The topological polar surface area (TPSA) is 38.7 Å². The molecule has 0 aromatic rings. The Bertz CT molecular complexity index is 133. The van der Waals surface area contributed by atoms with Crippen molar-refractivity contribution >= 4 is 0 Å². The standard InChI is InChI=1S/C12H24O3/c13-8-6-4-2-1-3-5-7-12-11-14-9-10-15-12/h12-13H,1-11H2. The van der Waals surface area contributed by atoms with Crippen LogP contribution in [0.3, 0.4) is 0 Å². The molecule has 15 heavy (non-hydrogen) atoms. The van der Waals surface area contributed by atoms with Crippen LogP contribution in [0.5, 0.6) is 0 Å². The SMILES string of the molecule is OCCCCCCCCC1COCCO1. The maximum atomic E-state index is 8.61. The normalized spacial score (nSPS) is 21.8. The molecule has 1 unspecified atom stereocenters. The molecule has 1 rings (SSSR count). The first-order valence-corrected chi connectivity index (χ1v) is 6.23. The van der Waals surface area contributed by atoms with Crippen LogP contribution in [-0.2, 0) is 9.47 Å². The van der Waals surface area contributed by atoms with E-state index in [0.717, 1.165) is 32.7 Å². The van der Waals surface area contributed by atoms with E-state index in [9.17, 15) is 0 Å². The lowest BCUT2D eigenvalue weighted by molar-refractivity contribution is -0.0912. The molecule has 0 radical (unpaired) electrons. The van der Waals surface area contributed by atoms with Crippen LogP contribution in [0.25, 0.3) is 0 Å². The molecule has 3 heteroatoms. The number of hydrogen-bond acceptors (Lipinski definition) is 3. The van der Waals surface area contributed by atoms with Gasteiger partial charge >= 0.3 is 0 Å². The Morgan fingerprint density at radius 3 is 2.33 bits per heavy atom. The fourth-order valence-corrected chi connectivity index (χ4v) is 1.89. The minimum Gasteiger partial charge on any atom is -0.396 e. The van der Waals surface area contributed by atoms with Crippen molar-refractivity contribution in [2.45, 2.75) is 51.0 Å². The van der Waals surface area contributed by atoms with Gasteiger partial charge in [0, 0.05) is 6.61 Å². The van der Waals surface area contributed by atoms with Gasteiger partial charge in [-0.25, -0.2) is 0 Å². The summed E-state index contributed by atoms with van der Waals surface area (Å²) >= 11 is 0. The van der Waals surface area contributed by atoms with Crippen LogP contribution in [0.4, 0.5) is 0 Å². The monoisotopic (exact) mass is 216 g/mol. The second kappa shape index (κ2) is 9.13. The van der Waals surface area contributed by atoms with Gasteiger partial charge in [0.25, 0.3) is 0 Å². The van der Waals surface area contributed by atoms with Crippen molar-refractivity contribution in [3.8, 4) is 0 Å². The van der Waals surface area contributed by atoms with E-state index in [-0.39, 0.29) is 0 Å². The third kappa shape index (κ3) is 6.88. The summed E-state index contributed by atoms with van der Waals surface area (Å²) in [6.45, 7) is 2.65. The summed E-state index contributed by atoms with van der Waals surface area (Å²) in [6.07, 6.45) is 8.67. The Balaban J connectivity index is 1.79. The van der Waals surface area contributed by atoms with Gasteiger partial charge in [0.15, 0.2) is 0 Å². The van der Waals surface area contributed by atoms with E-state index in [1.54, 1.807) is 0 Å². The zero-order chi connectivity index (χ0) is 10.8. The van der Waals surface area contributed by atoms with Crippen LogP contribution in [0.1, 0.15) is 44.9 Å². The molecule has 1 aliphatic heterocycles. The highest BCUT2D eigenvalue weighted by Crippen LogP contribution is 2.12. The van der Waals surface area contributed by atoms with E-state index >= 15 is 0 Å². The number of aliphatic hydroxyl groups excluding tert-OH is 1. The lowest BCUT2D eigenvalue weighted by Crippen LogP contribution is -2.28. The predicted molar refractivity (Wildman–Crippen MR) is 60.0 cm³/mol. The molecule has 0 bridgehead atoms. The molecule has 1 atom stereocenters. The third-order valence-corrected chi connectivity index (χ3v) is 2.82. The lowest BCUT2D eigenvalue weighted by atomic mass is 10.1. The van der Waals surface area contributed by atoms with Gasteiger partial charge in [-0.3, -0.25) is 0 Å². The highest BCUT2D eigenvalue weighted by Gasteiger charge is 2.12. The molecule has 0 aromatic carbocycles. The Kier molecular flexibility index (Phi) is 7.88. The maximum Gasteiger partial charge on any atom is 0.0809 e. The number of rotatable bonds is 8. The summed E-state index contributed by atoms with van der Waals surface area (Å²) in [5.41, 5.74) is 0. The van der Waals surface area contributed by atoms with E-state index in [1.807, 2.05) is 0 Å². The number of unbranched alkanes of at least 4 members (excludes halogenated alkanes) is 5. The molecule has 0 aromatic heterocycles. The van der Waals surface area contributed by atoms with Crippen LogP contribution < -0.4 is 0 Å². The molecule has 0 aliphatic carbocycles. The zero-order valence-electron chi connectivity index (χ0n) is 9.62. The van der Waals surface area contributed by atoms with E-state index < -0.39 is 0 Å². The molecule has 1 heterocycles. The highest BCUT2D eigenvalue weighted by molar-refractivity contribution is 4.60. The molecule has 0 amide bonds. The van der Waals surface area contributed by atoms with Gasteiger partial charge in [-0.2, -0.15) is 0 Å². The van der Waals surface area contributed by atoms with Crippen molar-refractivity contribution in [1.82, 2.24) is 0 Å². The summed E-state index contributed by atoms with van der Waals surface area (Å²) in [7, 11) is 0. The van der Waals surface area contributed by atoms with Crippen molar-refractivity contribution in [1.29, 1.82) is 0 Å². The van der Waals surface area contributed by atoms with E-state index in [4.69, 9.17) is 14.6 Å². The molecule has 1 aliphatic rings. The van der Waals surface area contributed by atoms with E-state index in [0.29, 0.717) is 12.7 Å². The zero-order valence-corrected chi connectivity index (χ0v) is 9.62. The van der Waals surface area contributed by atoms with Gasteiger partial charge in [-0.1, -0.05) is 32.1 Å². The summed E-state index contributed by atoms with van der Waals surface area (Å²) in [5, 5.41) is 8.61. The smallest absolute Gasteiger partial charge is 0.0809 e. The lowest BCUT2D eigenvalue weighted by Gasteiger charge is -2.22. The third-order valence-electron chi connectivity index (χ3n) is 2.82. The van der Waals surface area contributed by atoms with Gasteiger partial charge in [-0.15, -0.1) is 0 Å². The van der Waals surface area contributed by atoms with Gasteiger partial charge < -0.3 is 14.6 Å². The average molecular weight is 216 g/mol. The Morgan fingerprint density at radius 1 is 0.933 bits per heavy atom. The number of hydrogen-bond donors (Lipinski definition) is 1. The summed E-state index contributed by atoms with van der Waals surface area (Å²) in [4.78, 5) is 0. The predicted octanol–water partition coefficient (Wildman–Crippen LogP) is 2.12. The maximum absolute atomic E-state index is 8.61. The van der Waals surface area contributed by atoms with Crippen molar-refractivity contribution < 1.29 is 14.6 Å². The van der Waals surface area contributed by atoms with Crippen LogP contribution in [0, 0.1) is 0 Å². The summed E-state index contributed by atoms with van der Waals surface area (Å²) < 4.78 is 10.9. The molecule has 1 N–H and O–H groups in total. The van der Waals surface area contributed by atoms with Gasteiger partial charge in [-0.05, 0) is 12.8 Å². The largest absolute Gasteiger partial charge is 0.396 e. The average Bonchev–Trinajstić information content (AvgIpc) is 2.29. The van der Waals surface area contributed by atoms with Crippen LogP contribution in [0.2, 0.25) is 0 Å². The van der Waals surface area contributed by atoms with Crippen LogP contribution in [-0.4, -0.2) is 37.6 Å². The molecule has 3 nitrogen and oxygen atoms in total. The van der Waals surface area contributed by atoms with Crippen molar-refractivity contribution in [2.75, 3.05) is 26.4 Å². The minimum absolute atomic E-state index is 0.341. The van der Waals surface area contributed by atoms with E-state index in [2.05, 4.69) is 0 Å². The molecule has 1 fully saturated rings. The van der Waals surface area contributed by atoms with Crippen molar-refractivity contribution in [3.63, 3.8) is 0 Å². The fraction of sp³-hybridized carbons (Fsp3) is 1.00. The quantitative estimate of drug-likeness (QED) is 0.632. The van der Waals surface area contributed by atoms with Gasteiger partial charge in [0.05, 0.1) is 25.9 Å². The Morgan fingerprint density at radius 2 is 1.67 bits per heavy atom. The minimum atomic E-state index is 0.341. The first-order valence-electron chi connectivity index (χ1n) is 6.23. The van der Waals surface area contributed by atoms with Crippen molar-refractivity contribution in [2.24, 2.45) is 0 Å². The number of ether oxygens (including phenoxy) is 2. The second-order valence-electron chi connectivity index (χ2n) is 4.20. The molecule has 90 valence electrons. The Hall–Kier alpha value is -0.120. The summed E-state index contributed by atoms with van der Waals surface area (Å²) in [6, 6.07) is 0. The molecular weight excluding hydrogens is 192 g/mol. The molecule has 0 saturated carbocycles. The first kappa shape index (κ1) is 12.9. The van der Waals surface area contributed by atoms with Crippen LogP contribution >= 0.6 is 0 Å². The molecule has 1 saturated heterocycles.